The van der Waals surface area contributed by atoms with Gasteiger partial charge in [0.25, 0.3) is 0 Å². The topological polar surface area (TPSA) is 51.8 Å². The van der Waals surface area contributed by atoms with E-state index in [1.807, 2.05) is 72.8 Å². The predicted octanol–water partition coefficient (Wildman–Crippen LogP) is 11.8. The normalized spacial score (nSPS) is 11.3. The van der Waals surface area contributed by atoms with Gasteiger partial charge in [0.1, 0.15) is 5.52 Å². The summed E-state index contributed by atoms with van der Waals surface area (Å²) >= 11 is 0. The molecule has 0 saturated heterocycles. The molecule has 0 radical (unpaired) electrons. The molecule has 9 aromatic rings. The monoisotopic (exact) mass is 627 g/mol. The third kappa shape index (κ3) is 5.45. The van der Waals surface area contributed by atoms with Crippen LogP contribution in [0.1, 0.15) is 0 Å². The highest BCUT2D eigenvalue weighted by Gasteiger charge is 2.16. The lowest BCUT2D eigenvalue weighted by atomic mass is 9.89. The molecule has 7 aromatic carbocycles. The molecule has 0 aliphatic heterocycles. The Kier molecular flexibility index (Phi) is 7.10. The number of oxazole rings is 1. The van der Waals surface area contributed by atoms with E-state index in [0.717, 1.165) is 61.4 Å². The second kappa shape index (κ2) is 12.2. The molecule has 0 amide bonds. The van der Waals surface area contributed by atoms with Crippen LogP contribution in [0.15, 0.2) is 180 Å². The van der Waals surface area contributed by atoms with Gasteiger partial charge in [-0.2, -0.15) is 0 Å². The molecule has 0 aliphatic rings. The molecule has 0 fully saturated rings. The van der Waals surface area contributed by atoms with Crippen LogP contribution in [0.5, 0.6) is 0 Å². The average molecular weight is 628 g/mol. The molecule has 9 rings (SSSR count). The maximum absolute atomic E-state index is 6.14. The van der Waals surface area contributed by atoms with E-state index in [9.17, 15) is 0 Å². The molecule has 0 bridgehead atoms. The zero-order valence-electron chi connectivity index (χ0n) is 26.5. The molecule has 0 saturated carbocycles. The van der Waals surface area contributed by atoms with E-state index in [2.05, 4.69) is 103 Å². The zero-order chi connectivity index (χ0) is 32.6. The van der Waals surface area contributed by atoms with Crippen molar-refractivity contribution in [2.75, 3.05) is 0 Å². The maximum Gasteiger partial charge on any atom is 0.227 e. The fourth-order valence-electron chi connectivity index (χ4n) is 6.50. The van der Waals surface area contributed by atoms with Gasteiger partial charge in [-0.1, -0.05) is 146 Å². The molecular weight excluding hydrogens is 599 g/mol. The standard InChI is InChI=1S/C45H29N3O/c1-4-13-31(14-5-1)39-29-40(47-44(46-39)34-15-6-2-7-16-34)32-20-22-33(23-21-32)43-37-19-11-10-12-30(37)24-26-38(43)36-25-27-42-41(28-36)48-45(49-42)35-17-8-3-9-18-35/h1-29H. The first kappa shape index (κ1) is 28.6. The zero-order valence-corrected chi connectivity index (χ0v) is 26.5. The quantitative estimate of drug-likeness (QED) is 0.184. The Bertz CT molecular complexity index is 2520. The van der Waals surface area contributed by atoms with E-state index in [-0.39, 0.29) is 0 Å². The van der Waals surface area contributed by atoms with Gasteiger partial charge in [-0.3, -0.25) is 0 Å². The van der Waals surface area contributed by atoms with Gasteiger partial charge in [0, 0.05) is 22.3 Å². The Labute approximate surface area is 284 Å². The van der Waals surface area contributed by atoms with E-state index < -0.39 is 0 Å². The second-order valence-electron chi connectivity index (χ2n) is 12.0. The molecule has 2 heterocycles. The highest BCUT2D eigenvalue weighted by Crippen LogP contribution is 2.40. The Morgan fingerprint density at radius 2 is 0.959 bits per heavy atom. The number of nitrogens with zero attached hydrogens (tertiary/aromatic N) is 3. The molecule has 49 heavy (non-hydrogen) atoms. The summed E-state index contributed by atoms with van der Waals surface area (Å²) in [6.45, 7) is 0. The van der Waals surface area contributed by atoms with E-state index in [4.69, 9.17) is 19.4 Å². The van der Waals surface area contributed by atoms with Gasteiger partial charge >= 0.3 is 0 Å². The summed E-state index contributed by atoms with van der Waals surface area (Å²) < 4.78 is 6.14. The Hall–Kier alpha value is -6.65. The Balaban J connectivity index is 1.15. The minimum absolute atomic E-state index is 0.623. The average Bonchev–Trinajstić information content (AvgIpc) is 3.62. The van der Waals surface area contributed by atoms with Crippen LogP contribution in [0, 0.1) is 0 Å². The Morgan fingerprint density at radius 3 is 1.67 bits per heavy atom. The number of fused-ring (bicyclic) bond motifs is 2. The van der Waals surface area contributed by atoms with Gasteiger partial charge in [0.05, 0.1) is 11.4 Å². The minimum atomic E-state index is 0.623. The van der Waals surface area contributed by atoms with E-state index in [1.165, 1.54) is 16.3 Å². The van der Waals surface area contributed by atoms with Crippen LogP contribution in [0.3, 0.4) is 0 Å². The number of hydrogen-bond acceptors (Lipinski definition) is 4. The number of aromatic nitrogens is 3. The van der Waals surface area contributed by atoms with Crippen molar-refractivity contribution in [3.8, 4) is 67.6 Å². The fourth-order valence-corrected chi connectivity index (χ4v) is 6.50. The van der Waals surface area contributed by atoms with Crippen LogP contribution in [0.4, 0.5) is 0 Å². The lowest BCUT2D eigenvalue weighted by molar-refractivity contribution is 0.620. The highest BCUT2D eigenvalue weighted by atomic mass is 16.3. The highest BCUT2D eigenvalue weighted by molar-refractivity contribution is 6.05. The first-order valence-electron chi connectivity index (χ1n) is 16.4. The maximum atomic E-state index is 6.14. The summed E-state index contributed by atoms with van der Waals surface area (Å²) in [5.74, 6) is 1.33. The number of benzene rings is 7. The van der Waals surface area contributed by atoms with Crippen molar-refractivity contribution in [1.29, 1.82) is 0 Å². The molecule has 0 aliphatic carbocycles. The van der Waals surface area contributed by atoms with Crippen LogP contribution in [-0.4, -0.2) is 15.0 Å². The molecule has 0 N–H and O–H groups in total. The van der Waals surface area contributed by atoms with E-state index in [0.29, 0.717) is 11.7 Å². The summed E-state index contributed by atoms with van der Waals surface area (Å²) in [6, 6.07) is 60.5. The minimum Gasteiger partial charge on any atom is -0.436 e. The van der Waals surface area contributed by atoms with Gasteiger partial charge < -0.3 is 4.42 Å². The molecule has 4 nitrogen and oxygen atoms in total. The van der Waals surface area contributed by atoms with Crippen LogP contribution in [0.2, 0.25) is 0 Å². The summed E-state index contributed by atoms with van der Waals surface area (Å²) in [5.41, 5.74) is 11.9. The third-order valence-electron chi connectivity index (χ3n) is 8.95. The molecule has 0 atom stereocenters. The summed E-state index contributed by atoms with van der Waals surface area (Å²) in [6.07, 6.45) is 0. The molecule has 2 aromatic heterocycles. The van der Waals surface area contributed by atoms with Gasteiger partial charge in [-0.05, 0) is 63.4 Å². The van der Waals surface area contributed by atoms with Crippen LogP contribution < -0.4 is 0 Å². The molecule has 230 valence electrons. The van der Waals surface area contributed by atoms with Crippen LogP contribution in [0.25, 0.3) is 89.5 Å². The summed E-state index contributed by atoms with van der Waals surface area (Å²) in [5, 5.41) is 2.38. The SMILES string of the molecule is c1ccc(-c2cc(-c3ccc(-c4c(-c5ccc6oc(-c7ccccc7)nc6c5)ccc5ccccc45)cc3)nc(-c3ccccc3)n2)cc1. The molecule has 0 spiro atoms. The predicted molar refractivity (Wildman–Crippen MR) is 200 cm³/mol. The van der Waals surface area contributed by atoms with E-state index in [1.54, 1.807) is 0 Å². The van der Waals surface area contributed by atoms with Crippen LogP contribution >= 0.6 is 0 Å². The number of rotatable bonds is 6. The van der Waals surface area contributed by atoms with Crippen molar-refractivity contribution in [1.82, 2.24) is 15.0 Å². The second-order valence-corrected chi connectivity index (χ2v) is 12.0. The smallest absolute Gasteiger partial charge is 0.227 e. The number of hydrogen-bond donors (Lipinski definition) is 0. The van der Waals surface area contributed by atoms with Gasteiger partial charge in [-0.15, -0.1) is 0 Å². The lowest BCUT2D eigenvalue weighted by Gasteiger charge is -2.15. The van der Waals surface area contributed by atoms with Gasteiger partial charge in [0.2, 0.25) is 5.89 Å². The van der Waals surface area contributed by atoms with Crippen molar-refractivity contribution in [2.24, 2.45) is 0 Å². The Morgan fingerprint density at radius 1 is 0.388 bits per heavy atom. The summed E-state index contributed by atoms with van der Waals surface area (Å²) in [7, 11) is 0. The molecule has 0 unspecified atom stereocenters. The first-order valence-corrected chi connectivity index (χ1v) is 16.4. The van der Waals surface area contributed by atoms with Crippen molar-refractivity contribution in [3.63, 3.8) is 0 Å². The largest absolute Gasteiger partial charge is 0.436 e. The first-order chi connectivity index (χ1) is 24.3. The fraction of sp³-hybridized carbons (Fsp3) is 0. The van der Waals surface area contributed by atoms with Gasteiger partial charge in [0.15, 0.2) is 11.4 Å². The summed E-state index contributed by atoms with van der Waals surface area (Å²) in [4.78, 5) is 14.9. The third-order valence-corrected chi connectivity index (χ3v) is 8.95. The van der Waals surface area contributed by atoms with Crippen LogP contribution in [-0.2, 0) is 0 Å². The molecular formula is C45H29N3O. The molecule has 4 heteroatoms. The van der Waals surface area contributed by atoms with Crippen molar-refractivity contribution < 1.29 is 4.42 Å². The van der Waals surface area contributed by atoms with Crippen molar-refractivity contribution >= 4 is 21.9 Å². The van der Waals surface area contributed by atoms with Crippen molar-refractivity contribution in [3.05, 3.63) is 176 Å². The van der Waals surface area contributed by atoms with Crippen molar-refractivity contribution in [2.45, 2.75) is 0 Å². The van der Waals surface area contributed by atoms with Gasteiger partial charge in [-0.25, -0.2) is 15.0 Å². The lowest BCUT2D eigenvalue weighted by Crippen LogP contribution is -1.96. The van der Waals surface area contributed by atoms with E-state index >= 15 is 0 Å².